The topological polar surface area (TPSA) is 73.7 Å². The van der Waals surface area contributed by atoms with Crippen molar-refractivity contribution < 1.29 is 10.0 Å². The number of anilines is 1. The lowest BCUT2D eigenvalue weighted by molar-refractivity contribution is -0.900. The quantitative estimate of drug-likeness (QED) is 0.558. The van der Waals surface area contributed by atoms with Gasteiger partial charge in [0.15, 0.2) is 0 Å². The molecule has 1 aromatic rings. The van der Waals surface area contributed by atoms with Gasteiger partial charge in [-0.1, -0.05) is 0 Å². The third-order valence-electron chi connectivity index (χ3n) is 3.09. The molecule has 1 aromatic heterocycles. The number of nitrogens with zero attached hydrogens (tertiary/aromatic N) is 2. The van der Waals surface area contributed by atoms with Gasteiger partial charge in [0, 0.05) is 11.8 Å². The maximum atomic E-state index is 11.4. The van der Waals surface area contributed by atoms with Crippen LogP contribution in [0.5, 0.6) is 0 Å². The van der Waals surface area contributed by atoms with Gasteiger partial charge < -0.3 is 14.9 Å². The zero-order valence-corrected chi connectivity index (χ0v) is 10.1. The minimum Gasteiger partial charge on any atom is -0.391 e. The molecule has 94 valence electrons. The predicted molar refractivity (Wildman–Crippen MR) is 64.5 cm³/mol. The maximum absolute atomic E-state index is 11.4. The van der Waals surface area contributed by atoms with Gasteiger partial charge in [-0.2, -0.15) is 0 Å². The number of quaternary nitrogens is 1. The van der Waals surface area contributed by atoms with E-state index in [2.05, 4.69) is 14.9 Å². The number of aliphatic hydroxyl groups is 1. The Morgan fingerprint density at radius 1 is 1.53 bits per heavy atom. The molecule has 1 aliphatic heterocycles. The Morgan fingerprint density at radius 2 is 2.24 bits per heavy atom. The summed E-state index contributed by atoms with van der Waals surface area (Å²) in [6, 6.07) is 1.50. The molecule has 2 heterocycles. The van der Waals surface area contributed by atoms with E-state index in [9.17, 15) is 4.79 Å². The van der Waals surface area contributed by atoms with Crippen LogP contribution in [0, 0.1) is 6.92 Å². The smallest absolute Gasteiger partial charge is 0.252 e. The highest BCUT2D eigenvalue weighted by molar-refractivity contribution is 5.30. The highest BCUT2D eigenvalue weighted by atomic mass is 16.3. The maximum Gasteiger partial charge on any atom is 0.252 e. The van der Waals surface area contributed by atoms with Crippen molar-refractivity contribution in [2.75, 3.05) is 44.2 Å². The molecule has 0 unspecified atom stereocenters. The summed E-state index contributed by atoms with van der Waals surface area (Å²) >= 11 is 0. The van der Waals surface area contributed by atoms with Gasteiger partial charge in [-0.15, -0.1) is 0 Å². The molecule has 0 atom stereocenters. The number of H-pyrrole nitrogens is 1. The van der Waals surface area contributed by atoms with Crippen LogP contribution < -0.4 is 15.4 Å². The van der Waals surface area contributed by atoms with Crippen LogP contribution in [0.25, 0.3) is 0 Å². The molecule has 0 radical (unpaired) electrons. The number of aliphatic hydroxyl groups excluding tert-OH is 1. The Morgan fingerprint density at radius 3 is 2.82 bits per heavy atom. The van der Waals surface area contributed by atoms with Crippen LogP contribution in [0.3, 0.4) is 0 Å². The van der Waals surface area contributed by atoms with Crippen molar-refractivity contribution >= 4 is 5.95 Å². The Balaban J connectivity index is 2.02. The van der Waals surface area contributed by atoms with E-state index in [0.717, 1.165) is 38.4 Å². The van der Waals surface area contributed by atoms with Crippen LogP contribution in [-0.4, -0.2) is 54.4 Å². The molecule has 3 N–H and O–H groups in total. The fourth-order valence-electron chi connectivity index (χ4n) is 2.16. The van der Waals surface area contributed by atoms with E-state index >= 15 is 0 Å². The summed E-state index contributed by atoms with van der Waals surface area (Å²) in [4.78, 5) is 22.0. The Bertz CT molecular complexity index is 424. The first kappa shape index (κ1) is 12.1. The number of aromatic nitrogens is 2. The summed E-state index contributed by atoms with van der Waals surface area (Å²) in [5, 5.41) is 8.88. The molecular weight excluding hydrogens is 220 g/mol. The van der Waals surface area contributed by atoms with Gasteiger partial charge in [0.25, 0.3) is 5.56 Å². The molecule has 0 spiro atoms. The van der Waals surface area contributed by atoms with Crippen molar-refractivity contribution in [2.24, 2.45) is 0 Å². The molecule has 1 aliphatic rings. The van der Waals surface area contributed by atoms with Crippen molar-refractivity contribution in [3.05, 3.63) is 22.1 Å². The van der Waals surface area contributed by atoms with Gasteiger partial charge in [-0.05, 0) is 6.92 Å². The lowest BCUT2D eigenvalue weighted by atomic mass is 10.3. The number of aryl methyl sites for hydroxylation is 1. The second-order valence-corrected chi connectivity index (χ2v) is 4.42. The van der Waals surface area contributed by atoms with Gasteiger partial charge >= 0.3 is 0 Å². The first-order chi connectivity index (χ1) is 8.19. The van der Waals surface area contributed by atoms with E-state index in [1.807, 2.05) is 6.92 Å². The molecule has 1 saturated heterocycles. The molecule has 0 bridgehead atoms. The lowest BCUT2D eigenvalue weighted by Crippen LogP contribution is -3.15. The molecule has 0 saturated carbocycles. The fourth-order valence-corrected chi connectivity index (χ4v) is 2.16. The molecule has 1 fully saturated rings. The average molecular weight is 239 g/mol. The lowest BCUT2D eigenvalue weighted by Gasteiger charge is -2.32. The van der Waals surface area contributed by atoms with Crippen molar-refractivity contribution in [1.82, 2.24) is 9.97 Å². The van der Waals surface area contributed by atoms with Gasteiger partial charge in [0.05, 0.1) is 32.8 Å². The number of hydrogen-bond acceptors (Lipinski definition) is 4. The van der Waals surface area contributed by atoms with Crippen LogP contribution in [0.2, 0.25) is 0 Å². The standard InChI is InChI=1S/C11H18N4O2/c1-9-8-10(17)13-11(12-9)15-4-2-14(3-5-15)6-7-16/h8,16H,2-7H2,1H3,(H,12,13,17)/p+1. The molecule has 0 aromatic carbocycles. The predicted octanol–water partition coefficient (Wildman–Crippen LogP) is -2.22. The van der Waals surface area contributed by atoms with E-state index < -0.39 is 0 Å². The molecule has 6 nitrogen and oxygen atoms in total. The summed E-state index contributed by atoms with van der Waals surface area (Å²) in [5.74, 6) is 0.665. The Labute approximate surface area is 99.9 Å². The van der Waals surface area contributed by atoms with E-state index in [0.29, 0.717) is 5.95 Å². The number of rotatable bonds is 3. The minimum absolute atomic E-state index is 0.0994. The van der Waals surface area contributed by atoms with Crippen molar-refractivity contribution in [2.45, 2.75) is 6.92 Å². The van der Waals surface area contributed by atoms with Crippen LogP contribution in [0.1, 0.15) is 5.69 Å². The molecule has 2 rings (SSSR count). The van der Waals surface area contributed by atoms with Gasteiger partial charge in [-0.3, -0.25) is 9.78 Å². The fraction of sp³-hybridized carbons (Fsp3) is 0.636. The zero-order chi connectivity index (χ0) is 12.3. The number of piperazine rings is 1. The van der Waals surface area contributed by atoms with Crippen LogP contribution in [0.4, 0.5) is 5.95 Å². The summed E-state index contributed by atoms with van der Waals surface area (Å²) in [7, 11) is 0. The summed E-state index contributed by atoms with van der Waals surface area (Å²) in [6.07, 6.45) is 0. The van der Waals surface area contributed by atoms with Crippen LogP contribution in [-0.2, 0) is 0 Å². The summed E-state index contributed by atoms with van der Waals surface area (Å²) < 4.78 is 0. The molecular formula is C11H19N4O2+. The van der Waals surface area contributed by atoms with Crippen LogP contribution in [0.15, 0.2) is 10.9 Å². The van der Waals surface area contributed by atoms with Crippen molar-refractivity contribution in [3.63, 3.8) is 0 Å². The van der Waals surface area contributed by atoms with E-state index in [-0.39, 0.29) is 12.2 Å². The third kappa shape index (κ3) is 3.04. The van der Waals surface area contributed by atoms with Crippen molar-refractivity contribution in [1.29, 1.82) is 0 Å². The first-order valence-corrected chi connectivity index (χ1v) is 5.96. The zero-order valence-electron chi connectivity index (χ0n) is 10.1. The second-order valence-electron chi connectivity index (χ2n) is 4.42. The van der Waals surface area contributed by atoms with Gasteiger partial charge in [0.1, 0.15) is 6.54 Å². The largest absolute Gasteiger partial charge is 0.391 e. The third-order valence-corrected chi connectivity index (χ3v) is 3.09. The van der Waals surface area contributed by atoms with E-state index in [1.165, 1.54) is 11.0 Å². The van der Waals surface area contributed by atoms with Gasteiger partial charge in [-0.25, -0.2) is 4.98 Å². The minimum atomic E-state index is -0.0994. The number of nitrogens with one attached hydrogen (secondary N) is 2. The summed E-state index contributed by atoms with van der Waals surface area (Å²) in [6.45, 7) is 6.52. The Kier molecular flexibility index (Phi) is 3.75. The monoisotopic (exact) mass is 239 g/mol. The molecule has 0 amide bonds. The summed E-state index contributed by atoms with van der Waals surface area (Å²) in [5.41, 5.74) is 0.645. The molecule has 6 heteroatoms. The van der Waals surface area contributed by atoms with Gasteiger partial charge in [0.2, 0.25) is 5.95 Å². The van der Waals surface area contributed by atoms with Crippen LogP contribution >= 0.6 is 0 Å². The van der Waals surface area contributed by atoms with E-state index in [4.69, 9.17) is 5.11 Å². The SMILES string of the molecule is Cc1cc(=O)[nH]c(N2CC[NH+](CCO)CC2)n1. The highest BCUT2D eigenvalue weighted by Crippen LogP contribution is 2.04. The Hall–Kier alpha value is -1.40. The van der Waals surface area contributed by atoms with E-state index in [1.54, 1.807) is 0 Å². The number of hydrogen-bond donors (Lipinski definition) is 3. The second kappa shape index (κ2) is 5.29. The number of aromatic amines is 1. The highest BCUT2D eigenvalue weighted by Gasteiger charge is 2.20. The normalized spacial score (nSPS) is 17.4. The average Bonchev–Trinajstić information content (AvgIpc) is 2.29. The molecule has 17 heavy (non-hydrogen) atoms. The first-order valence-electron chi connectivity index (χ1n) is 5.96. The molecule has 0 aliphatic carbocycles. The van der Waals surface area contributed by atoms with Crippen molar-refractivity contribution in [3.8, 4) is 0 Å².